The van der Waals surface area contributed by atoms with Gasteiger partial charge >= 0.3 is 0 Å². The molecule has 2 aliphatic rings. The van der Waals surface area contributed by atoms with Gasteiger partial charge in [0, 0.05) is 25.8 Å². The van der Waals surface area contributed by atoms with Crippen LogP contribution in [0.2, 0.25) is 0 Å². The fourth-order valence-corrected chi connectivity index (χ4v) is 2.77. The predicted octanol–water partition coefficient (Wildman–Crippen LogP) is 1.56. The van der Waals surface area contributed by atoms with Gasteiger partial charge in [0.25, 0.3) is 0 Å². The molecule has 5 heteroatoms. The van der Waals surface area contributed by atoms with Crippen molar-refractivity contribution >= 4 is 0 Å². The smallest absolute Gasteiger partial charge is 0.231 e. The molecule has 0 bridgehead atoms. The van der Waals surface area contributed by atoms with Crippen molar-refractivity contribution in [3.63, 3.8) is 0 Å². The third kappa shape index (κ3) is 2.90. The Morgan fingerprint density at radius 3 is 2.80 bits per heavy atom. The molecule has 5 nitrogen and oxygen atoms in total. The summed E-state index contributed by atoms with van der Waals surface area (Å²) in [7, 11) is 2.06. The lowest BCUT2D eigenvalue weighted by atomic mass is 10.0. The van der Waals surface area contributed by atoms with E-state index in [0.717, 1.165) is 43.1 Å². The molecule has 1 atom stereocenters. The standard InChI is InChI=1S/C15H21NO4/c1-16(12-4-6-18-7-5-12)9-13(17)11-2-3-14-15(8-11)20-10-19-14/h2-3,8,12-13,17H,4-7,9-10H2,1H3. The lowest BCUT2D eigenvalue weighted by Crippen LogP contribution is -2.38. The maximum Gasteiger partial charge on any atom is 0.231 e. The van der Waals surface area contributed by atoms with Crippen LogP contribution in [0.4, 0.5) is 0 Å². The van der Waals surface area contributed by atoms with Crippen molar-refractivity contribution in [1.29, 1.82) is 0 Å². The third-order valence-electron chi connectivity index (χ3n) is 4.06. The molecule has 110 valence electrons. The van der Waals surface area contributed by atoms with Gasteiger partial charge in [-0.05, 0) is 37.6 Å². The Kier molecular flexibility index (Phi) is 4.10. The zero-order valence-corrected chi connectivity index (χ0v) is 11.7. The first-order chi connectivity index (χ1) is 9.74. The van der Waals surface area contributed by atoms with Gasteiger partial charge in [-0.2, -0.15) is 0 Å². The molecule has 2 heterocycles. The monoisotopic (exact) mass is 279 g/mol. The minimum Gasteiger partial charge on any atom is -0.454 e. The second kappa shape index (κ2) is 5.99. The van der Waals surface area contributed by atoms with Crippen LogP contribution >= 0.6 is 0 Å². The van der Waals surface area contributed by atoms with Gasteiger partial charge in [-0.1, -0.05) is 6.07 Å². The van der Waals surface area contributed by atoms with Crippen molar-refractivity contribution in [2.24, 2.45) is 0 Å². The Hall–Kier alpha value is -1.30. The summed E-state index contributed by atoms with van der Waals surface area (Å²) in [6.45, 7) is 2.51. The topological polar surface area (TPSA) is 51.2 Å². The Balaban J connectivity index is 1.62. The predicted molar refractivity (Wildman–Crippen MR) is 74.0 cm³/mol. The molecule has 3 rings (SSSR count). The molecule has 1 aromatic rings. The second-order valence-electron chi connectivity index (χ2n) is 5.41. The Labute approximate surface area is 119 Å². The van der Waals surface area contributed by atoms with Crippen LogP contribution < -0.4 is 9.47 Å². The van der Waals surface area contributed by atoms with Crippen molar-refractivity contribution in [3.05, 3.63) is 23.8 Å². The molecule has 0 amide bonds. The zero-order chi connectivity index (χ0) is 13.9. The van der Waals surface area contributed by atoms with Gasteiger partial charge in [-0.3, -0.25) is 0 Å². The number of ether oxygens (including phenoxy) is 3. The summed E-state index contributed by atoms with van der Waals surface area (Å²) in [4.78, 5) is 2.22. The van der Waals surface area contributed by atoms with Crippen LogP contribution in [0.5, 0.6) is 11.5 Å². The highest BCUT2D eigenvalue weighted by molar-refractivity contribution is 5.45. The van der Waals surface area contributed by atoms with Gasteiger partial charge < -0.3 is 24.2 Å². The third-order valence-corrected chi connectivity index (χ3v) is 4.06. The number of likely N-dealkylation sites (N-methyl/N-ethyl adjacent to an activating group) is 1. The fraction of sp³-hybridized carbons (Fsp3) is 0.600. The summed E-state index contributed by atoms with van der Waals surface area (Å²) < 4.78 is 16.0. The molecule has 0 saturated carbocycles. The first kappa shape index (κ1) is 13.7. The highest BCUT2D eigenvalue weighted by Crippen LogP contribution is 2.34. The largest absolute Gasteiger partial charge is 0.454 e. The summed E-state index contributed by atoms with van der Waals surface area (Å²) in [6.07, 6.45) is 1.55. The van der Waals surface area contributed by atoms with Crippen molar-refractivity contribution in [2.45, 2.75) is 25.0 Å². The normalized spacial score (nSPS) is 20.4. The lowest BCUT2D eigenvalue weighted by Gasteiger charge is -2.32. The molecule has 1 aromatic carbocycles. The second-order valence-corrected chi connectivity index (χ2v) is 5.41. The van der Waals surface area contributed by atoms with Crippen LogP contribution in [0.25, 0.3) is 0 Å². The number of aliphatic hydroxyl groups is 1. The Morgan fingerprint density at radius 1 is 1.25 bits per heavy atom. The van der Waals surface area contributed by atoms with E-state index in [9.17, 15) is 5.11 Å². The minimum absolute atomic E-state index is 0.261. The van der Waals surface area contributed by atoms with E-state index in [4.69, 9.17) is 14.2 Å². The van der Waals surface area contributed by atoms with E-state index in [-0.39, 0.29) is 6.79 Å². The van der Waals surface area contributed by atoms with E-state index in [0.29, 0.717) is 12.6 Å². The van der Waals surface area contributed by atoms with Crippen molar-refractivity contribution in [3.8, 4) is 11.5 Å². The van der Waals surface area contributed by atoms with Crippen molar-refractivity contribution in [2.75, 3.05) is 33.6 Å². The van der Waals surface area contributed by atoms with Crippen LogP contribution in [-0.4, -0.2) is 49.6 Å². The molecule has 1 N–H and O–H groups in total. The van der Waals surface area contributed by atoms with E-state index in [2.05, 4.69) is 11.9 Å². The number of fused-ring (bicyclic) bond motifs is 1. The van der Waals surface area contributed by atoms with Crippen LogP contribution in [-0.2, 0) is 4.74 Å². The summed E-state index contributed by atoms with van der Waals surface area (Å²) in [6, 6.07) is 6.11. The molecule has 1 unspecified atom stereocenters. The highest BCUT2D eigenvalue weighted by atomic mass is 16.7. The van der Waals surface area contributed by atoms with Gasteiger partial charge in [-0.25, -0.2) is 0 Å². The average molecular weight is 279 g/mol. The Morgan fingerprint density at radius 2 is 2.00 bits per heavy atom. The number of aliphatic hydroxyl groups excluding tert-OH is 1. The summed E-state index contributed by atoms with van der Waals surface area (Å²) in [5.74, 6) is 1.47. The van der Waals surface area contributed by atoms with E-state index in [1.807, 2.05) is 18.2 Å². The zero-order valence-electron chi connectivity index (χ0n) is 11.7. The van der Waals surface area contributed by atoms with Crippen molar-refractivity contribution in [1.82, 2.24) is 4.90 Å². The molecule has 0 aliphatic carbocycles. The van der Waals surface area contributed by atoms with Crippen molar-refractivity contribution < 1.29 is 19.3 Å². The number of hydrogen-bond donors (Lipinski definition) is 1. The summed E-state index contributed by atoms with van der Waals surface area (Å²) >= 11 is 0. The van der Waals surface area contributed by atoms with Gasteiger partial charge in [0.05, 0.1) is 6.10 Å². The van der Waals surface area contributed by atoms with Gasteiger partial charge in [0.15, 0.2) is 11.5 Å². The molecule has 0 radical (unpaired) electrons. The molecule has 20 heavy (non-hydrogen) atoms. The molecule has 2 aliphatic heterocycles. The quantitative estimate of drug-likeness (QED) is 0.906. The summed E-state index contributed by atoms with van der Waals surface area (Å²) in [5, 5.41) is 10.4. The van der Waals surface area contributed by atoms with E-state index in [1.54, 1.807) is 0 Å². The van der Waals surface area contributed by atoms with Gasteiger partial charge in [0.1, 0.15) is 0 Å². The molecular weight excluding hydrogens is 258 g/mol. The average Bonchev–Trinajstić information content (AvgIpc) is 2.95. The first-order valence-corrected chi connectivity index (χ1v) is 7.09. The van der Waals surface area contributed by atoms with Gasteiger partial charge in [-0.15, -0.1) is 0 Å². The maximum absolute atomic E-state index is 10.4. The Bertz CT molecular complexity index is 459. The number of nitrogens with zero attached hydrogens (tertiary/aromatic N) is 1. The minimum atomic E-state index is -0.516. The fourth-order valence-electron chi connectivity index (χ4n) is 2.77. The van der Waals surface area contributed by atoms with Crippen LogP contribution in [0.1, 0.15) is 24.5 Å². The van der Waals surface area contributed by atoms with E-state index >= 15 is 0 Å². The summed E-state index contributed by atoms with van der Waals surface area (Å²) in [5.41, 5.74) is 0.869. The van der Waals surface area contributed by atoms with E-state index < -0.39 is 6.10 Å². The van der Waals surface area contributed by atoms with E-state index in [1.165, 1.54) is 0 Å². The number of hydrogen-bond acceptors (Lipinski definition) is 5. The first-order valence-electron chi connectivity index (χ1n) is 7.09. The molecular formula is C15H21NO4. The number of rotatable bonds is 4. The molecule has 1 fully saturated rings. The molecule has 0 spiro atoms. The maximum atomic E-state index is 10.4. The van der Waals surface area contributed by atoms with Crippen LogP contribution in [0.3, 0.4) is 0 Å². The highest BCUT2D eigenvalue weighted by Gasteiger charge is 2.22. The molecule has 0 aromatic heterocycles. The van der Waals surface area contributed by atoms with Crippen LogP contribution in [0.15, 0.2) is 18.2 Å². The SMILES string of the molecule is CN(CC(O)c1ccc2c(c1)OCO2)C1CCOCC1. The lowest BCUT2D eigenvalue weighted by molar-refractivity contribution is 0.0252. The van der Waals surface area contributed by atoms with Crippen LogP contribution in [0, 0.1) is 0 Å². The van der Waals surface area contributed by atoms with Gasteiger partial charge in [0.2, 0.25) is 6.79 Å². The molecule has 1 saturated heterocycles. The number of benzene rings is 1.